The standard InChI is InChI=1S/C52H64N10O12S2/c1-31-26-41(74-5)32(2)33(3)46(31)76(72,73)61-51(54)55-25-15-22-37(47(68)56-28-45(66)67)58-44(65)29-62(4)50(71)40(60-49(70)39(27-42(53)63)59-48(69)38-23-24-43(64)57-38)30-75-52(34-16-9-6-10-17-34,35-18-11-7-12-19-35)36-20-13-8-14-21-36/h6-14,16-21,26,37-40H,15,22-25,27-30H2,1-5H3,(H2,53,63)(H,56,68)(H,57,64)(H,58,65)(H,59,69)(H,60,70)(H,66,67)(H3,54,55,61)/t37-,38-,39-,40-/m0/s1. The lowest BCUT2D eigenvalue weighted by Crippen LogP contribution is -2.58. The van der Waals surface area contributed by atoms with E-state index < -0.39 is 106 Å². The summed E-state index contributed by atoms with van der Waals surface area (Å²) in [4.78, 5) is 110. The predicted molar refractivity (Wildman–Crippen MR) is 284 cm³/mol. The number of guanidine groups is 1. The number of aliphatic carboxylic acids is 1. The highest BCUT2D eigenvalue weighted by atomic mass is 32.2. The van der Waals surface area contributed by atoms with Gasteiger partial charge in [-0.25, -0.2) is 13.1 Å². The van der Waals surface area contributed by atoms with E-state index in [1.54, 1.807) is 26.8 Å². The zero-order valence-electron chi connectivity index (χ0n) is 42.7. The number of carboxylic acid groups (broad SMARTS) is 1. The first-order valence-electron chi connectivity index (χ1n) is 24.1. The van der Waals surface area contributed by atoms with Crippen LogP contribution in [0.3, 0.4) is 0 Å². The second-order valence-electron chi connectivity index (χ2n) is 18.0. The third-order valence-corrected chi connectivity index (χ3v) is 15.7. The number of aliphatic imine (C=N–C) groups is 1. The first-order valence-corrected chi connectivity index (χ1v) is 26.5. The highest BCUT2D eigenvalue weighted by Gasteiger charge is 2.40. The Morgan fingerprint density at radius 3 is 1.93 bits per heavy atom. The van der Waals surface area contributed by atoms with Gasteiger partial charge in [0.05, 0.1) is 29.7 Å². The fourth-order valence-electron chi connectivity index (χ4n) is 8.63. The van der Waals surface area contributed by atoms with Crippen molar-refractivity contribution < 1.29 is 56.6 Å². The van der Waals surface area contributed by atoms with Gasteiger partial charge in [0.2, 0.25) is 47.3 Å². The summed E-state index contributed by atoms with van der Waals surface area (Å²) in [6.07, 6.45) is -0.591. The Hall–Kier alpha value is -7.99. The summed E-state index contributed by atoms with van der Waals surface area (Å²) in [6.45, 7) is 3.32. The molecule has 1 fully saturated rings. The number of nitrogens with two attached hydrogens (primary N) is 2. The average molecular weight is 1090 g/mol. The van der Waals surface area contributed by atoms with Crippen molar-refractivity contribution in [3.05, 3.63) is 130 Å². The van der Waals surface area contributed by atoms with Crippen LogP contribution in [0.15, 0.2) is 107 Å². The summed E-state index contributed by atoms with van der Waals surface area (Å²) in [5, 5.41) is 21.7. The normalized spacial score (nSPS) is 14.7. The number of benzene rings is 4. The van der Waals surface area contributed by atoms with E-state index in [0.29, 0.717) is 22.4 Å². The Labute approximate surface area is 445 Å². The van der Waals surface area contributed by atoms with Crippen molar-refractivity contribution in [1.82, 2.24) is 36.2 Å². The van der Waals surface area contributed by atoms with Crippen LogP contribution < -0.4 is 47.5 Å². The minimum Gasteiger partial charge on any atom is -0.496 e. The molecule has 0 spiro atoms. The maximum atomic E-state index is 14.8. The minimum absolute atomic E-state index is 0.00912. The Kier molecular flexibility index (Phi) is 20.9. The van der Waals surface area contributed by atoms with Gasteiger partial charge in [-0.05, 0) is 79.5 Å². The van der Waals surface area contributed by atoms with Crippen LogP contribution in [0.2, 0.25) is 0 Å². The number of carbonyl (C=O) groups excluding carboxylic acids is 7. The molecule has 22 nitrogen and oxygen atoms in total. The van der Waals surface area contributed by atoms with E-state index in [4.69, 9.17) is 16.2 Å². The minimum atomic E-state index is -4.21. The smallest absolute Gasteiger partial charge is 0.322 e. The fraction of sp³-hybridized carbons (Fsp3) is 0.365. The number of sulfonamides is 1. The number of carbonyl (C=O) groups is 8. The molecule has 1 saturated heterocycles. The SMILES string of the molecule is COc1cc(C)c(S(=O)(=O)NC(N)=NCCC[C@H](NC(=O)CN(C)C(=O)[C@H](CSC(c2ccccc2)(c2ccccc2)c2ccccc2)NC(=O)[C@H](CC(N)=O)NC(=O)[C@@H]2CCC(=O)N2)C(=O)NCC(=O)O)c(C)c1C. The summed E-state index contributed by atoms with van der Waals surface area (Å²) < 4.78 is 33.4. The topological polar surface area (TPSA) is 340 Å². The van der Waals surface area contributed by atoms with Gasteiger partial charge >= 0.3 is 5.97 Å². The molecule has 7 amide bonds. The maximum Gasteiger partial charge on any atom is 0.322 e. The summed E-state index contributed by atoms with van der Waals surface area (Å²) >= 11 is 1.29. The molecule has 0 radical (unpaired) electrons. The second-order valence-corrected chi connectivity index (χ2v) is 20.8. The van der Waals surface area contributed by atoms with Crippen molar-refractivity contribution in [3.63, 3.8) is 0 Å². The number of likely N-dealkylation sites (N-methyl/N-ethyl adjacent to an activating group) is 1. The molecular formula is C52H64N10O12S2. The zero-order chi connectivity index (χ0) is 55.7. The quantitative estimate of drug-likeness (QED) is 0.0183. The van der Waals surface area contributed by atoms with Gasteiger partial charge in [-0.3, -0.25) is 43.3 Å². The molecule has 0 aliphatic carbocycles. The average Bonchev–Trinajstić information content (AvgIpc) is 3.83. The number of nitrogens with one attached hydrogen (secondary N) is 6. The molecule has 11 N–H and O–H groups in total. The summed E-state index contributed by atoms with van der Waals surface area (Å²) in [6, 6.07) is 24.5. The lowest BCUT2D eigenvalue weighted by Gasteiger charge is -2.37. The van der Waals surface area contributed by atoms with Gasteiger partial charge in [-0.15, -0.1) is 11.8 Å². The predicted octanol–water partition coefficient (Wildman–Crippen LogP) is 0.987. The van der Waals surface area contributed by atoms with E-state index >= 15 is 0 Å². The molecule has 24 heteroatoms. The number of carboxylic acids is 1. The van der Waals surface area contributed by atoms with E-state index in [-0.39, 0.29) is 48.8 Å². The van der Waals surface area contributed by atoms with Gasteiger partial charge in [-0.1, -0.05) is 91.0 Å². The first kappa shape index (κ1) is 58.9. The third kappa shape index (κ3) is 15.5. The fourth-order valence-corrected chi connectivity index (χ4v) is 11.7. The number of amides is 7. The number of primary amides is 1. The number of thioether (sulfide) groups is 1. The van der Waals surface area contributed by atoms with Crippen molar-refractivity contribution in [3.8, 4) is 5.75 Å². The van der Waals surface area contributed by atoms with Gasteiger partial charge < -0.3 is 52.8 Å². The lowest BCUT2D eigenvalue weighted by atomic mass is 9.84. The molecule has 4 aromatic rings. The number of nitrogens with zero attached hydrogens (tertiary/aromatic N) is 2. The van der Waals surface area contributed by atoms with E-state index in [1.165, 1.54) is 25.9 Å². The second kappa shape index (κ2) is 27.0. The molecule has 0 saturated carbocycles. The molecule has 1 aliphatic rings. The van der Waals surface area contributed by atoms with E-state index in [2.05, 4.69) is 36.3 Å². The van der Waals surface area contributed by atoms with Crippen LogP contribution in [-0.4, -0.2) is 135 Å². The van der Waals surface area contributed by atoms with E-state index in [9.17, 15) is 51.9 Å². The van der Waals surface area contributed by atoms with Crippen LogP contribution in [0.4, 0.5) is 0 Å². The number of methoxy groups -OCH3 is 1. The molecule has 0 aromatic heterocycles. The molecule has 406 valence electrons. The Morgan fingerprint density at radius 1 is 0.842 bits per heavy atom. The third-order valence-electron chi connectivity index (χ3n) is 12.4. The number of hydrogen-bond donors (Lipinski definition) is 9. The Bertz CT molecular complexity index is 2820. The molecule has 5 rings (SSSR count). The number of ether oxygens (including phenoxy) is 1. The Balaban J connectivity index is 1.39. The van der Waals surface area contributed by atoms with Crippen molar-refractivity contribution in [1.29, 1.82) is 0 Å². The van der Waals surface area contributed by atoms with Gasteiger partial charge in [0.1, 0.15) is 36.5 Å². The van der Waals surface area contributed by atoms with Crippen LogP contribution in [0, 0.1) is 20.8 Å². The van der Waals surface area contributed by atoms with Crippen molar-refractivity contribution >= 4 is 75.1 Å². The largest absolute Gasteiger partial charge is 0.496 e. The number of aryl methyl sites for hydroxylation is 1. The molecule has 1 aliphatic heterocycles. The molecule has 4 atom stereocenters. The lowest BCUT2D eigenvalue weighted by molar-refractivity contribution is -0.140. The van der Waals surface area contributed by atoms with Crippen LogP contribution in [0.25, 0.3) is 0 Å². The van der Waals surface area contributed by atoms with Crippen molar-refractivity contribution in [2.75, 3.05) is 39.5 Å². The first-order chi connectivity index (χ1) is 36.1. The number of rotatable bonds is 26. The van der Waals surface area contributed by atoms with Crippen LogP contribution in [0.1, 0.15) is 65.5 Å². The molecule has 4 aromatic carbocycles. The number of hydrogen-bond acceptors (Lipinski definition) is 13. The van der Waals surface area contributed by atoms with Gasteiger partial charge in [0.15, 0.2) is 0 Å². The van der Waals surface area contributed by atoms with Crippen LogP contribution in [-0.2, 0) is 53.1 Å². The van der Waals surface area contributed by atoms with Crippen molar-refractivity contribution in [2.24, 2.45) is 16.5 Å². The molecule has 0 unspecified atom stereocenters. The van der Waals surface area contributed by atoms with Crippen molar-refractivity contribution in [2.45, 2.75) is 86.7 Å². The van der Waals surface area contributed by atoms with Gasteiger partial charge in [0.25, 0.3) is 10.0 Å². The van der Waals surface area contributed by atoms with Gasteiger partial charge in [-0.2, -0.15) is 0 Å². The Morgan fingerprint density at radius 2 is 1.42 bits per heavy atom. The monoisotopic (exact) mass is 1080 g/mol. The van der Waals surface area contributed by atoms with E-state index in [0.717, 1.165) is 21.6 Å². The van der Waals surface area contributed by atoms with Crippen LogP contribution in [0.5, 0.6) is 5.75 Å². The van der Waals surface area contributed by atoms with Gasteiger partial charge in [0, 0.05) is 25.8 Å². The maximum absolute atomic E-state index is 14.8. The summed E-state index contributed by atoms with van der Waals surface area (Å²) in [5.74, 6) is -7.10. The summed E-state index contributed by atoms with van der Waals surface area (Å²) in [5.41, 5.74) is 15.4. The summed E-state index contributed by atoms with van der Waals surface area (Å²) in [7, 11) is -1.46. The highest BCUT2D eigenvalue weighted by Crippen LogP contribution is 2.48. The molecule has 0 bridgehead atoms. The molecule has 1 heterocycles. The highest BCUT2D eigenvalue weighted by molar-refractivity contribution is 8.00. The zero-order valence-corrected chi connectivity index (χ0v) is 44.3. The van der Waals surface area contributed by atoms with E-state index in [1.807, 2.05) is 91.0 Å². The van der Waals surface area contributed by atoms with Crippen LogP contribution >= 0.6 is 11.8 Å². The molecular weight excluding hydrogens is 1020 g/mol. The molecule has 76 heavy (non-hydrogen) atoms.